The third kappa shape index (κ3) is 9.75. The number of carbonyl (C=O) groups is 3. The highest BCUT2D eigenvalue weighted by Crippen LogP contribution is 2.38. The van der Waals surface area contributed by atoms with Gasteiger partial charge in [0.25, 0.3) is 12.6 Å². The highest BCUT2D eigenvalue weighted by atomic mass is 19.1. The predicted octanol–water partition coefficient (Wildman–Crippen LogP) is 4.24. The monoisotopic (exact) mass is 765 g/mol. The van der Waals surface area contributed by atoms with E-state index in [0.717, 1.165) is 15.7 Å². The number of carbonyl (C=O) groups excluding carboxylic acids is 3. The number of methoxy groups -OCH3 is 2. The lowest BCUT2D eigenvalue weighted by Gasteiger charge is -2.30. The highest BCUT2D eigenvalue weighted by Gasteiger charge is 2.34. The molecule has 0 radical (unpaired) electrons. The van der Waals surface area contributed by atoms with Crippen LogP contribution in [-0.2, 0) is 58.4 Å². The summed E-state index contributed by atoms with van der Waals surface area (Å²) < 4.78 is 55.6. The molecular formula is C38H44FN5O11. The molecule has 0 aliphatic heterocycles. The number of aromatic nitrogens is 4. The van der Waals surface area contributed by atoms with E-state index < -0.39 is 34.9 Å². The van der Waals surface area contributed by atoms with E-state index in [9.17, 15) is 19.2 Å². The minimum Gasteiger partial charge on any atom is -0.498 e. The van der Waals surface area contributed by atoms with Crippen LogP contribution in [-0.4, -0.2) is 63.9 Å². The number of terminal acetylenes is 1. The summed E-state index contributed by atoms with van der Waals surface area (Å²) >= 11 is 0. The number of aryl methyl sites for hydroxylation is 4. The number of allylic oxidation sites excluding steroid dienone is 2. The van der Waals surface area contributed by atoms with Gasteiger partial charge in [-0.15, -0.1) is 6.42 Å². The fourth-order valence-electron chi connectivity index (χ4n) is 6.13. The number of benzene rings is 1. The molecule has 0 aliphatic rings. The second kappa shape index (κ2) is 17.4. The topological polar surface area (TPSA) is 189 Å². The maximum absolute atomic E-state index is 15.9. The van der Waals surface area contributed by atoms with Crippen LogP contribution in [0.3, 0.4) is 0 Å². The smallest absolute Gasteiger partial charge is 0.498 e. The van der Waals surface area contributed by atoms with Gasteiger partial charge >= 0.3 is 17.8 Å². The van der Waals surface area contributed by atoms with Crippen molar-refractivity contribution in [2.45, 2.75) is 92.0 Å². The van der Waals surface area contributed by atoms with Gasteiger partial charge in [0.1, 0.15) is 30.4 Å². The van der Waals surface area contributed by atoms with E-state index in [-0.39, 0.29) is 85.2 Å². The maximum atomic E-state index is 15.9. The molecule has 0 fully saturated rings. The van der Waals surface area contributed by atoms with Crippen molar-refractivity contribution < 1.29 is 51.3 Å². The summed E-state index contributed by atoms with van der Waals surface area (Å²) in [7, 11) is 2.74. The summed E-state index contributed by atoms with van der Waals surface area (Å²) in [6.45, 7) is 11.2. The van der Waals surface area contributed by atoms with Gasteiger partial charge in [-0.05, 0) is 44.9 Å². The number of fused-ring (bicyclic) bond motifs is 1. The zero-order valence-electron chi connectivity index (χ0n) is 32.2. The molecular weight excluding hydrogens is 721 g/mol. The van der Waals surface area contributed by atoms with Gasteiger partial charge in [-0.1, -0.05) is 25.8 Å². The summed E-state index contributed by atoms with van der Waals surface area (Å²) in [6, 6.07) is 3.69. The van der Waals surface area contributed by atoms with E-state index in [1.165, 1.54) is 45.9 Å². The lowest BCUT2D eigenvalue weighted by Crippen LogP contribution is -2.38. The van der Waals surface area contributed by atoms with Gasteiger partial charge in [0, 0.05) is 38.0 Å². The molecule has 0 N–H and O–H groups in total. The van der Waals surface area contributed by atoms with Crippen molar-refractivity contribution >= 4 is 29.6 Å². The Hall–Kier alpha value is -6.02. The summed E-state index contributed by atoms with van der Waals surface area (Å²) in [5.74, 6) is 1.43. The highest BCUT2D eigenvalue weighted by molar-refractivity contribution is 5.74. The molecule has 1 atom stereocenters. The Morgan fingerprint density at radius 2 is 1.87 bits per heavy atom. The first-order valence-electron chi connectivity index (χ1n) is 17.0. The van der Waals surface area contributed by atoms with Gasteiger partial charge < -0.3 is 37.1 Å². The van der Waals surface area contributed by atoms with Crippen LogP contribution in [0.15, 0.2) is 48.6 Å². The van der Waals surface area contributed by atoms with Crippen molar-refractivity contribution in [3.05, 3.63) is 80.4 Å². The van der Waals surface area contributed by atoms with E-state index in [0.29, 0.717) is 11.3 Å². The van der Waals surface area contributed by atoms with Gasteiger partial charge in [-0.2, -0.15) is 9.37 Å². The van der Waals surface area contributed by atoms with Gasteiger partial charge in [0.15, 0.2) is 33.8 Å². The molecule has 0 saturated heterocycles. The van der Waals surface area contributed by atoms with Crippen molar-refractivity contribution in [2.24, 2.45) is 4.99 Å². The Bertz CT molecular complexity index is 2290. The average Bonchev–Trinajstić information content (AvgIpc) is 3.66. The van der Waals surface area contributed by atoms with Crippen LogP contribution in [0.4, 0.5) is 4.39 Å². The number of nitrogens with zero attached hydrogens (tertiary/aromatic N) is 5. The molecule has 0 aliphatic carbocycles. The number of esters is 2. The Morgan fingerprint density at radius 1 is 1.15 bits per heavy atom. The van der Waals surface area contributed by atoms with E-state index in [2.05, 4.69) is 20.9 Å². The quantitative estimate of drug-likeness (QED) is 0.0371. The van der Waals surface area contributed by atoms with Gasteiger partial charge in [0.2, 0.25) is 0 Å². The number of imidazole rings is 1. The lowest BCUT2D eigenvalue weighted by molar-refractivity contribution is -0.151. The first-order chi connectivity index (χ1) is 26.0. The number of hydrogen-bond acceptors (Lipinski definition) is 14. The summed E-state index contributed by atoms with van der Waals surface area (Å²) in [6.07, 6.45) is 6.31. The number of ether oxygens (including phenoxy) is 5. The average molecular weight is 766 g/mol. The van der Waals surface area contributed by atoms with Crippen molar-refractivity contribution in [1.29, 1.82) is 0 Å². The van der Waals surface area contributed by atoms with Crippen molar-refractivity contribution in [3.63, 3.8) is 0 Å². The number of rotatable bonds is 17. The van der Waals surface area contributed by atoms with Crippen LogP contribution in [0, 0.1) is 39.2 Å². The first-order valence-corrected chi connectivity index (χ1v) is 17.0. The molecule has 55 heavy (non-hydrogen) atoms. The first kappa shape index (κ1) is 41.7. The number of hydrogen-bond donors (Lipinski definition) is 0. The molecule has 294 valence electrons. The molecule has 16 nitrogen and oxygen atoms in total. The van der Waals surface area contributed by atoms with Crippen LogP contribution in [0.25, 0.3) is 11.2 Å². The Labute approximate surface area is 315 Å². The molecule has 1 aromatic carbocycles. The fraction of sp³-hybridized carbons (Fsp3) is 0.447. The van der Waals surface area contributed by atoms with Crippen molar-refractivity contribution in [3.8, 4) is 18.1 Å². The van der Waals surface area contributed by atoms with Crippen molar-refractivity contribution in [1.82, 2.24) is 19.1 Å². The van der Waals surface area contributed by atoms with E-state index in [4.69, 9.17) is 38.9 Å². The standard InChI is InChI=1S/C38H44FN5O11/c1-11-38(50-10,19-51-30(47)16-37(7,8)31-23(3)14-22(2)15-27(31)54-26(6)46)12-13-43-20-41-32-33(40-17-28-25(5)53-36(48)55-28)44(35(39)42-34(32)43)18-29(52-21-45)24(4)49-9/h1,14-15,20-21H,12-13,16-19H2,2-10H3/b29-24-,40-33-. The van der Waals surface area contributed by atoms with E-state index >= 15 is 4.39 Å². The molecule has 1 unspecified atom stereocenters. The lowest BCUT2D eigenvalue weighted by atomic mass is 9.78. The van der Waals surface area contributed by atoms with Crippen LogP contribution >= 0.6 is 0 Å². The maximum Gasteiger partial charge on any atom is 0.519 e. The van der Waals surface area contributed by atoms with Crippen molar-refractivity contribution in [2.75, 3.05) is 20.8 Å². The molecule has 3 aromatic heterocycles. The Balaban J connectivity index is 1.62. The van der Waals surface area contributed by atoms with E-state index in [1.54, 1.807) is 6.07 Å². The Morgan fingerprint density at radius 3 is 2.47 bits per heavy atom. The molecule has 4 aromatic rings. The largest absolute Gasteiger partial charge is 0.519 e. The van der Waals surface area contributed by atoms with Gasteiger partial charge in [-0.3, -0.25) is 23.9 Å². The predicted molar refractivity (Wildman–Crippen MR) is 193 cm³/mol. The normalized spacial score (nSPS) is 13.5. The summed E-state index contributed by atoms with van der Waals surface area (Å²) in [5.41, 5.74) is 0.421. The van der Waals surface area contributed by atoms with Crippen LogP contribution in [0.5, 0.6) is 5.75 Å². The van der Waals surface area contributed by atoms with Crippen LogP contribution in [0.1, 0.15) is 68.7 Å². The third-order valence-electron chi connectivity index (χ3n) is 8.93. The molecule has 0 bridgehead atoms. The summed E-state index contributed by atoms with van der Waals surface area (Å²) in [5, 5.41) is 0. The molecule has 0 amide bonds. The number of halogens is 1. The Kier molecular flexibility index (Phi) is 13.2. The second-order valence-electron chi connectivity index (χ2n) is 13.4. The SMILES string of the molecule is C#CC(CCn1cnc2/c(=N/Cc3oc(=O)oc3C)n(C/C(OC=O)=C(\C)OC)c(F)nc21)(COC(=O)CC(C)(C)c1c(C)cc(C)cc1OC(C)=O)OC. The second-order valence-corrected chi connectivity index (χ2v) is 13.4. The van der Waals surface area contributed by atoms with E-state index in [1.807, 2.05) is 33.8 Å². The van der Waals surface area contributed by atoms with Gasteiger partial charge in [-0.25, -0.2) is 9.78 Å². The summed E-state index contributed by atoms with van der Waals surface area (Å²) in [4.78, 5) is 61.1. The van der Waals surface area contributed by atoms with Crippen LogP contribution in [0.2, 0.25) is 0 Å². The molecule has 4 rings (SSSR count). The minimum atomic E-state index is -1.40. The zero-order valence-corrected chi connectivity index (χ0v) is 32.2. The molecule has 0 saturated carbocycles. The minimum absolute atomic E-state index is 0.0277. The zero-order chi connectivity index (χ0) is 40.7. The third-order valence-corrected chi connectivity index (χ3v) is 8.93. The molecule has 0 spiro atoms. The molecule has 3 heterocycles. The van der Waals surface area contributed by atoms with Gasteiger partial charge in [0.05, 0.1) is 26.4 Å². The fourth-order valence-corrected chi connectivity index (χ4v) is 6.13. The van der Waals surface area contributed by atoms with Crippen LogP contribution < -0.4 is 16.0 Å². The molecule has 17 heteroatoms.